The molecule has 0 heterocycles. The van der Waals surface area contributed by atoms with Gasteiger partial charge in [0, 0.05) is 30.9 Å². The molecule has 0 aliphatic heterocycles. The summed E-state index contributed by atoms with van der Waals surface area (Å²) in [6, 6.07) is 6.90. The van der Waals surface area contributed by atoms with Gasteiger partial charge in [0.2, 0.25) is 0 Å². The van der Waals surface area contributed by atoms with Crippen LogP contribution in [0.5, 0.6) is 5.75 Å². The van der Waals surface area contributed by atoms with E-state index in [-0.39, 0.29) is 22.7 Å². The molecule has 3 N–H and O–H groups in total. The molecule has 0 aromatic heterocycles. The van der Waals surface area contributed by atoms with E-state index >= 15 is 0 Å². The van der Waals surface area contributed by atoms with Crippen molar-refractivity contribution in [3.8, 4) is 5.75 Å². The molecule has 22 heavy (non-hydrogen) atoms. The third kappa shape index (κ3) is 5.85. The number of benzene rings is 1. The molecule has 0 saturated heterocycles. The van der Waals surface area contributed by atoms with Gasteiger partial charge in [0.1, 0.15) is 5.75 Å². The Morgan fingerprint density at radius 1 is 1.18 bits per heavy atom. The molecule has 6 heteroatoms. The van der Waals surface area contributed by atoms with Gasteiger partial charge in [-0.05, 0) is 51.5 Å². The van der Waals surface area contributed by atoms with E-state index in [0.29, 0.717) is 24.3 Å². The zero-order valence-electron chi connectivity index (χ0n) is 13.8. The molecule has 0 aliphatic carbocycles. The van der Waals surface area contributed by atoms with Crippen molar-refractivity contribution >= 4 is 28.7 Å². The van der Waals surface area contributed by atoms with E-state index < -0.39 is 6.03 Å². The Morgan fingerprint density at radius 2 is 1.73 bits per heavy atom. The molecule has 1 unspecified atom stereocenters. The Balaban J connectivity index is 0.00000441. The molecule has 0 radical (unpaired) electrons. The van der Waals surface area contributed by atoms with Crippen LogP contribution in [0.2, 0.25) is 0 Å². The quantitative estimate of drug-likeness (QED) is 0.769. The second-order valence-electron chi connectivity index (χ2n) is 5.60. The van der Waals surface area contributed by atoms with Gasteiger partial charge in [0.25, 0.3) is 0 Å². The van der Waals surface area contributed by atoms with E-state index in [4.69, 9.17) is 5.73 Å². The van der Waals surface area contributed by atoms with Gasteiger partial charge in [-0.1, -0.05) is 6.92 Å². The molecular weight excluding hydrogens is 346 g/mol. The third-order valence-corrected chi connectivity index (χ3v) is 3.83. The van der Waals surface area contributed by atoms with Crippen LogP contribution < -0.4 is 10.6 Å². The van der Waals surface area contributed by atoms with E-state index in [1.165, 1.54) is 4.90 Å². The first kappa shape index (κ1) is 20.7. The second kappa shape index (κ2) is 9.69. The first-order valence-corrected chi connectivity index (χ1v) is 7.48. The van der Waals surface area contributed by atoms with E-state index in [0.717, 1.165) is 13.0 Å². The molecule has 1 aromatic rings. The predicted molar refractivity (Wildman–Crippen MR) is 97.0 cm³/mol. The van der Waals surface area contributed by atoms with Gasteiger partial charge >= 0.3 is 6.03 Å². The summed E-state index contributed by atoms with van der Waals surface area (Å²) in [5, 5.41) is 9.33. The van der Waals surface area contributed by atoms with Crippen LogP contribution in [0.15, 0.2) is 24.3 Å². The van der Waals surface area contributed by atoms with Crippen molar-refractivity contribution in [2.45, 2.75) is 46.2 Å². The minimum Gasteiger partial charge on any atom is -0.508 e. The fourth-order valence-electron chi connectivity index (χ4n) is 2.44. The number of carbonyl (C=O) groups is 1. The normalized spacial score (nSPS) is 12.1. The van der Waals surface area contributed by atoms with Gasteiger partial charge in [0.15, 0.2) is 0 Å². The number of primary amides is 1. The summed E-state index contributed by atoms with van der Waals surface area (Å²) in [5.74, 6) is 0.173. The van der Waals surface area contributed by atoms with E-state index in [1.807, 2.05) is 0 Å². The van der Waals surface area contributed by atoms with Crippen LogP contribution in [0, 0.1) is 0 Å². The topological polar surface area (TPSA) is 69.8 Å². The van der Waals surface area contributed by atoms with E-state index in [2.05, 4.69) is 32.6 Å². The molecule has 0 spiro atoms. The highest BCUT2D eigenvalue weighted by molar-refractivity contribution is 8.93. The minimum atomic E-state index is -0.478. The van der Waals surface area contributed by atoms with Crippen molar-refractivity contribution < 1.29 is 9.90 Å². The third-order valence-electron chi connectivity index (χ3n) is 3.83. The largest absolute Gasteiger partial charge is 0.508 e. The Kier molecular flexibility index (Phi) is 9.13. The number of aromatic hydroxyl groups is 1. The number of hydrogen-bond acceptors (Lipinski definition) is 3. The van der Waals surface area contributed by atoms with Crippen LogP contribution >= 0.6 is 17.0 Å². The SMILES string of the molecule is Br.CCC(C)N(CCN(C(N)=O)c1ccc(O)cc1)C(C)C. The van der Waals surface area contributed by atoms with Crippen LogP contribution in [0.4, 0.5) is 10.5 Å². The maximum Gasteiger partial charge on any atom is 0.319 e. The summed E-state index contributed by atoms with van der Waals surface area (Å²) >= 11 is 0. The smallest absolute Gasteiger partial charge is 0.319 e. The van der Waals surface area contributed by atoms with Crippen LogP contribution in [0.3, 0.4) is 0 Å². The number of hydrogen-bond donors (Lipinski definition) is 2. The molecule has 126 valence electrons. The monoisotopic (exact) mass is 373 g/mol. The molecule has 0 fully saturated rings. The number of phenols is 1. The lowest BCUT2D eigenvalue weighted by atomic mass is 10.1. The Morgan fingerprint density at radius 3 is 2.14 bits per heavy atom. The number of nitrogens with two attached hydrogens (primary N) is 1. The molecular formula is C16H28BrN3O2. The van der Waals surface area contributed by atoms with Gasteiger partial charge in [-0.3, -0.25) is 9.80 Å². The van der Waals surface area contributed by atoms with Crippen molar-refractivity contribution in [2.24, 2.45) is 5.73 Å². The second-order valence-corrected chi connectivity index (χ2v) is 5.60. The summed E-state index contributed by atoms with van der Waals surface area (Å²) in [5.41, 5.74) is 6.19. The number of urea groups is 1. The zero-order chi connectivity index (χ0) is 16.0. The summed E-state index contributed by atoms with van der Waals surface area (Å²) in [6.07, 6.45) is 1.06. The molecule has 1 rings (SSSR count). The number of amides is 2. The van der Waals surface area contributed by atoms with Gasteiger partial charge in [-0.15, -0.1) is 17.0 Å². The van der Waals surface area contributed by atoms with Gasteiger partial charge in [-0.2, -0.15) is 0 Å². The van der Waals surface area contributed by atoms with E-state index in [9.17, 15) is 9.90 Å². The van der Waals surface area contributed by atoms with Crippen LogP contribution in [-0.4, -0.2) is 41.2 Å². The molecule has 1 atom stereocenters. The van der Waals surface area contributed by atoms with Crippen molar-refractivity contribution in [3.05, 3.63) is 24.3 Å². The standard InChI is InChI=1S/C16H27N3O2.BrH/c1-5-13(4)18(12(2)3)10-11-19(16(17)21)14-6-8-15(20)9-7-14;/h6-9,12-13,20H,5,10-11H2,1-4H3,(H2,17,21);1H. The highest BCUT2D eigenvalue weighted by atomic mass is 79.9. The number of carbonyl (C=O) groups excluding carboxylic acids is 1. The minimum absolute atomic E-state index is 0. The maximum absolute atomic E-state index is 11.7. The Hall–Kier alpha value is -1.27. The lowest BCUT2D eigenvalue weighted by Gasteiger charge is -2.34. The molecule has 0 bridgehead atoms. The van der Waals surface area contributed by atoms with Gasteiger partial charge in [0.05, 0.1) is 0 Å². The average Bonchev–Trinajstić information content (AvgIpc) is 2.43. The van der Waals surface area contributed by atoms with E-state index in [1.54, 1.807) is 24.3 Å². The van der Waals surface area contributed by atoms with Crippen molar-refractivity contribution in [2.75, 3.05) is 18.0 Å². The number of rotatable bonds is 7. The van der Waals surface area contributed by atoms with Crippen LogP contribution in [-0.2, 0) is 0 Å². The lowest BCUT2D eigenvalue weighted by Crippen LogP contribution is -2.46. The van der Waals surface area contributed by atoms with Crippen LogP contribution in [0.25, 0.3) is 0 Å². The number of phenolic OH excluding ortho intramolecular Hbond substituents is 1. The first-order chi connectivity index (χ1) is 9.86. The average molecular weight is 374 g/mol. The molecule has 0 saturated carbocycles. The number of nitrogens with zero attached hydrogens (tertiary/aromatic N) is 2. The summed E-state index contributed by atoms with van der Waals surface area (Å²) in [6.45, 7) is 9.95. The molecule has 5 nitrogen and oxygen atoms in total. The van der Waals surface area contributed by atoms with Crippen LogP contribution in [0.1, 0.15) is 34.1 Å². The van der Waals surface area contributed by atoms with Crippen molar-refractivity contribution in [1.82, 2.24) is 4.90 Å². The van der Waals surface area contributed by atoms with Crippen molar-refractivity contribution in [3.63, 3.8) is 0 Å². The van der Waals surface area contributed by atoms with Crippen molar-refractivity contribution in [1.29, 1.82) is 0 Å². The highest BCUT2D eigenvalue weighted by Crippen LogP contribution is 2.19. The lowest BCUT2D eigenvalue weighted by molar-refractivity contribution is 0.164. The Labute approximate surface area is 143 Å². The van der Waals surface area contributed by atoms with Gasteiger partial charge < -0.3 is 10.8 Å². The summed E-state index contributed by atoms with van der Waals surface area (Å²) < 4.78 is 0. The molecule has 1 aromatic carbocycles. The number of halogens is 1. The maximum atomic E-state index is 11.7. The zero-order valence-corrected chi connectivity index (χ0v) is 15.5. The molecule has 0 aliphatic rings. The predicted octanol–water partition coefficient (Wildman–Crippen LogP) is 3.36. The fraction of sp³-hybridized carbons (Fsp3) is 0.562. The summed E-state index contributed by atoms with van der Waals surface area (Å²) in [7, 11) is 0. The van der Waals surface area contributed by atoms with Gasteiger partial charge in [-0.25, -0.2) is 4.79 Å². The summed E-state index contributed by atoms with van der Waals surface area (Å²) in [4.78, 5) is 15.6. The first-order valence-electron chi connectivity index (χ1n) is 7.48. The molecule has 2 amide bonds. The fourth-order valence-corrected chi connectivity index (χ4v) is 2.44. The Bertz CT molecular complexity index is 451. The number of anilines is 1. The highest BCUT2D eigenvalue weighted by Gasteiger charge is 2.19.